The van der Waals surface area contributed by atoms with E-state index < -0.39 is 11.3 Å². The average Bonchev–Trinajstić information content (AvgIpc) is 2.77. The minimum atomic E-state index is -2.36. The first kappa shape index (κ1) is 13.3. The minimum Gasteiger partial charge on any atom is -0.760 e. The fourth-order valence-electron chi connectivity index (χ4n) is 0.420. The summed E-state index contributed by atoms with van der Waals surface area (Å²) in [7, 11) is 0. The van der Waals surface area contributed by atoms with Gasteiger partial charge in [-0.2, -0.15) is 15.4 Å². The van der Waals surface area contributed by atoms with Gasteiger partial charge in [0.05, 0.1) is 12.4 Å². The summed E-state index contributed by atoms with van der Waals surface area (Å²) in [6.07, 6.45) is 8.04. The molecular weight excluding hydrogens is 220 g/mol. The fourth-order valence-corrected chi connectivity index (χ4v) is 0.420. The predicted molar refractivity (Wildman–Crippen MR) is 51.5 cm³/mol. The van der Waals surface area contributed by atoms with Crippen molar-refractivity contribution in [1.29, 1.82) is 0 Å². The van der Waals surface area contributed by atoms with Crippen molar-refractivity contribution in [3.05, 3.63) is 37.2 Å². The van der Waals surface area contributed by atoms with Crippen LogP contribution >= 0.6 is 0 Å². The van der Waals surface area contributed by atoms with Gasteiger partial charge in [-0.25, -0.2) is 9.97 Å². The van der Waals surface area contributed by atoms with Crippen LogP contribution in [0.4, 0.5) is 0 Å². The quantitative estimate of drug-likeness (QED) is 0.557. The normalized spacial score (nSPS) is 10.0. The molecule has 2 rings (SSSR count). The number of nitrogens with one attached hydrogen (secondary N) is 1. The van der Waals surface area contributed by atoms with Crippen LogP contribution < -0.4 is 5.14 Å². The summed E-state index contributed by atoms with van der Waals surface area (Å²) in [5.41, 5.74) is 0. The van der Waals surface area contributed by atoms with Crippen LogP contribution in [0.5, 0.6) is 0 Å². The van der Waals surface area contributed by atoms with Gasteiger partial charge in [0.15, 0.2) is 0 Å². The van der Waals surface area contributed by atoms with Crippen molar-refractivity contribution in [3.63, 3.8) is 0 Å². The van der Waals surface area contributed by atoms with Gasteiger partial charge in [0.25, 0.3) is 0 Å². The summed E-state index contributed by atoms with van der Waals surface area (Å²) in [4.78, 5) is 7.35. The standard InChI is InChI=1S/C4H4N2.C2H3N3.H3NO2S/c1-2-5-4-6-3-1;1-2-4-5-3-1;1-4(2)3/h1-4H;1-2H,(H,3,4,5);1H2,(H,2,3)/p-1. The smallest absolute Gasteiger partial charge is 0.115 e. The van der Waals surface area contributed by atoms with Gasteiger partial charge in [0.1, 0.15) is 6.33 Å². The maximum absolute atomic E-state index is 8.78. The number of hydrogen-bond donors (Lipinski definition) is 2. The minimum absolute atomic E-state index is 1.50. The molecule has 0 saturated carbocycles. The molecule has 0 fully saturated rings. The van der Waals surface area contributed by atoms with Gasteiger partial charge in [-0.15, -0.1) is 0 Å². The summed E-state index contributed by atoms with van der Waals surface area (Å²) in [5, 5.41) is 13.4. The lowest BCUT2D eigenvalue weighted by atomic mass is 10.7. The van der Waals surface area contributed by atoms with Crippen molar-refractivity contribution in [1.82, 2.24) is 25.4 Å². The summed E-state index contributed by atoms with van der Waals surface area (Å²) >= 11 is -2.36. The Kier molecular flexibility index (Phi) is 9.19. The Morgan fingerprint density at radius 1 is 1.13 bits per heavy atom. The third kappa shape index (κ3) is 15.1. The van der Waals surface area contributed by atoms with E-state index in [9.17, 15) is 0 Å². The number of hydrogen-bond acceptors (Lipinski definition) is 6. The van der Waals surface area contributed by atoms with E-state index in [0.717, 1.165) is 0 Å². The van der Waals surface area contributed by atoms with Crippen LogP contribution in [-0.2, 0) is 11.3 Å². The van der Waals surface area contributed by atoms with E-state index in [4.69, 9.17) is 8.76 Å². The van der Waals surface area contributed by atoms with Crippen molar-refractivity contribution in [3.8, 4) is 0 Å². The second-order valence-corrected chi connectivity index (χ2v) is 2.34. The SMILES string of the molecule is NS(=O)[O-].c1cn[nH]n1.c1cncnc1. The Labute approximate surface area is 88.4 Å². The number of nitrogens with two attached hydrogens (primary N) is 1. The van der Waals surface area contributed by atoms with Crippen LogP contribution in [0.1, 0.15) is 0 Å². The Morgan fingerprint density at radius 2 is 1.60 bits per heavy atom. The van der Waals surface area contributed by atoms with E-state index in [1.807, 2.05) is 0 Å². The van der Waals surface area contributed by atoms with Crippen molar-refractivity contribution in [2.24, 2.45) is 5.14 Å². The lowest BCUT2D eigenvalue weighted by molar-refractivity contribution is 0.539. The Balaban J connectivity index is 0.000000202. The van der Waals surface area contributed by atoms with Crippen molar-refractivity contribution < 1.29 is 8.76 Å². The van der Waals surface area contributed by atoms with Gasteiger partial charge in [0.2, 0.25) is 0 Å². The predicted octanol–water partition coefficient (Wildman–Crippen LogP) is -0.979. The zero-order chi connectivity index (χ0) is 11.4. The van der Waals surface area contributed by atoms with Gasteiger partial charge < -0.3 is 4.55 Å². The molecule has 2 aromatic rings. The lowest BCUT2D eigenvalue weighted by Crippen LogP contribution is -1.97. The van der Waals surface area contributed by atoms with Crippen LogP contribution in [0.2, 0.25) is 0 Å². The zero-order valence-corrected chi connectivity index (χ0v) is 8.37. The highest BCUT2D eigenvalue weighted by Gasteiger charge is 1.59. The molecule has 0 aliphatic carbocycles. The van der Waals surface area contributed by atoms with Gasteiger partial charge >= 0.3 is 0 Å². The third-order valence-electron chi connectivity index (χ3n) is 0.809. The van der Waals surface area contributed by atoms with E-state index in [1.165, 1.54) is 6.33 Å². The molecule has 15 heavy (non-hydrogen) atoms. The molecule has 0 amide bonds. The number of nitrogens with zero attached hydrogens (tertiary/aromatic N) is 4. The summed E-state index contributed by atoms with van der Waals surface area (Å²) in [6.45, 7) is 0. The third-order valence-corrected chi connectivity index (χ3v) is 0.809. The molecule has 0 saturated heterocycles. The summed E-state index contributed by atoms with van der Waals surface area (Å²) in [6, 6.07) is 1.78. The van der Waals surface area contributed by atoms with Crippen molar-refractivity contribution in [2.45, 2.75) is 0 Å². The number of rotatable bonds is 0. The molecular formula is C6H9N6O2S-. The molecule has 9 heteroatoms. The van der Waals surface area contributed by atoms with E-state index in [1.54, 1.807) is 30.9 Å². The first-order chi connectivity index (χ1) is 7.23. The Hall–Kier alpha value is -1.71. The van der Waals surface area contributed by atoms with E-state index in [-0.39, 0.29) is 0 Å². The first-order valence-electron chi connectivity index (χ1n) is 3.57. The highest BCUT2D eigenvalue weighted by molar-refractivity contribution is 7.76. The molecule has 82 valence electrons. The lowest BCUT2D eigenvalue weighted by Gasteiger charge is -1.85. The molecule has 1 unspecified atom stereocenters. The number of H-pyrrole nitrogens is 1. The second kappa shape index (κ2) is 10.4. The molecule has 0 aliphatic rings. The maximum atomic E-state index is 8.78. The summed E-state index contributed by atoms with van der Waals surface area (Å²) in [5.74, 6) is 0. The van der Waals surface area contributed by atoms with Crippen LogP contribution in [-0.4, -0.2) is 34.1 Å². The molecule has 0 spiro atoms. The Morgan fingerprint density at radius 3 is 1.73 bits per heavy atom. The van der Waals surface area contributed by atoms with Crippen molar-refractivity contribution >= 4 is 11.3 Å². The fraction of sp³-hybridized carbons (Fsp3) is 0. The molecule has 3 N–H and O–H groups in total. The van der Waals surface area contributed by atoms with Crippen LogP contribution in [0, 0.1) is 0 Å². The van der Waals surface area contributed by atoms with Crippen LogP contribution in [0.25, 0.3) is 0 Å². The van der Waals surface area contributed by atoms with Gasteiger partial charge in [-0.05, 0) is 6.07 Å². The highest BCUT2D eigenvalue weighted by atomic mass is 32.2. The molecule has 0 aliphatic heterocycles. The van der Waals surface area contributed by atoms with Crippen LogP contribution in [0.3, 0.4) is 0 Å². The van der Waals surface area contributed by atoms with Gasteiger partial charge in [-0.3, -0.25) is 9.35 Å². The van der Waals surface area contributed by atoms with Crippen LogP contribution in [0.15, 0.2) is 37.2 Å². The topological polar surface area (TPSA) is 134 Å². The maximum Gasteiger partial charge on any atom is 0.115 e. The number of aromatic nitrogens is 5. The monoisotopic (exact) mass is 229 g/mol. The molecule has 0 radical (unpaired) electrons. The van der Waals surface area contributed by atoms with Gasteiger partial charge in [-0.1, -0.05) is 0 Å². The zero-order valence-electron chi connectivity index (χ0n) is 7.56. The van der Waals surface area contributed by atoms with E-state index in [0.29, 0.717) is 0 Å². The largest absolute Gasteiger partial charge is 0.760 e. The molecule has 0 aromatic carbocycles. The molecule has 2 aromatic heterocycles. The first-order valence-corrected chi connectivity index (χ1v) is 4.70. The molecule has 0 bridgehead atoms. The number of aromatic amines is 1. The summed E-state index contributed by atoms with van der Waals surface area (Å²) < 4.78 is 17.6. The van der Waals surface area contributed by atoms with Gasteiger partial charge in [0, 0.05) is 23.7 Å². The molecule has 2 heterocycles. The van der Waals surface area contributed by atoms with Crippen molar-refractivity contribution in [2.75, 3.05) is 0 Å². The van der Waals surface area contributed by atoms with E-state index in [2.05, 4.69) is 30.5 Å². The Bertz CT molecular complexity index is 281. The second-order valence-electron chi connectivity index (χ2n) is 1.82. The van der Waals surface area contributed by atoms with E-state index >= 15 is 0 Å². The molecule has 1 atom stereocenters. The molecule has 8 nitrogen and oxygen atoms in total. The average molecular weight is 229 g/mol. The highest BCUT2D eigenvalue weighted by Crippen LogP contribution is 1.66.